The number of imidazole rings is 1. The quantitative estimate of drug-likeness (QED) is 0.733. The average Bonchev–Trinajstić information content (AvgIpc) is 2.92. The second-order valence-corrected chi connectivity index (χ2v) is 5.17. The van der Waals surface area contributed by atoms with E-state index in [4.69, 9.17) is 10.5 Å². The highest BCUT2D eigenvalue weighted by Gasteiger charge is 2.14. The first-order chi connectivity index (χ1) is 11.2. The third kappa shape index (κ3) is 3.01. The second-order valence-electron chi connectivity index (χ2n) is 5.17. The van der Waals surface area contributed by atoms with Gasteiger partial charge in [-0.15, -0.1) is 0 Å². The van der Waals surface area contributed by atoms with Crippen molar-refractivity contribution < 1.29 is 4.74 Å². The SMILES string of the molecule is C/C=C/Cn1c(Cc2cccc(OC)c2)nc2c(N)ncnc21. The molecule has 0 amide bonds. The standard InChI is InChI=1S/C17H19N5O/c1-3-4-8-22-14(10-12-6-5-7-13(9-12)23-2)21-15-16(18)19-11-20-17(15)22/h3-7,9,11H,8,10H2,1-2H3,(H2,18,19,20)/b4-3+. The first-order valence-corrected chi connectivity index (χ1v) is 7.42. The molecule has 0 saturated heterocycles. The lowest BCUT2D eigenvalue weighted by Gasteiger charge is -2.07. The molecule has 0 aliphatic carbocycles. The summed E-state index contributed by atoms with van der Waals surface area (Å²) >= 11 is 0. The van der Waals surface area contributed by atoms with Crippen LogP contribution in [0.15, 0.2) is 42.7 Å². The van der Waals surface area contributed by atoms with Crippen LogP contribution in [0.5, 0.6) is 5.75 Å². The Hall–Kier alpha value is -2.89. The monoisotopic (exact) mass is 309 g/mol. The van der Waals surface area contributed by atoms with Crippen LogP contribution in [0.2, 0.25) is 0 Å². The van der Waals surface area contributed by atoms with Gasteiger partial charge in [0.25, 0.3) is 0 Å². The molecule has 0 saturated carbocycles. The fraction of sp³-hybridized carbons (Fsp3) is 0.235. The third-order valence-electron chi connectivity index (χ3n) is 3.66. The van der Waals surface area contributed by atoms with Crippen LogP contribution < -0.4 is 10.5 Å². The number of methoxy groups -OCH3 is 1. The van der Waals surface area contributed by atoms with Gasteiger partial charge >= 0.3 is 0 Å². The largest absolute Gasteiger partial charge is 0.497 e. The van der Waals surface area contributed by atoms with Crippen molar-refractivity contribution in [2.45, 2.75) is 19.9 Å². The summed E-state index contributed by atoms with van der Waals surface area (Å²) in [5.41, 5.74) is 8.47. The highest BCUT2D eigenvalue weighted by atomic mass is 16.5. The van der Waals surface area contributed by atoms with Gasteiger partial charge in [-0.25, -0.2) is 15.0 Å². The summed E-state index contributed by atoms with van der Waals surface area (Å²) in [5.74, 6) is 2.14. The number of ether oxygens (including phenoxy) is 1. The predicted octanol–water partition coefficient (Wildman–Crippen LogP) is 2.58. The molecule has 0 aliphatic heterocycles. The Morgan fingerprint density at radius 1 is 1.30 bits per heavy atom. The number of rotatable bonds is 5. The van der Waals surface area contributed by atoms with E-state index in [0.29, 0.717) is 24.3 Å². The summed E-state index contributed by atoms with van der Waals surface area (Å²) in [4.78, 5) is 13.0. The molecular formula is C17H19N5O. The van der Waals surface area contributed by atoms with E-state index in [0.717, 1.165) is 22.8 Å². The maximum absolute atomic E-state index is 5.94. The number of hydrogen-bond donors (Lipinski definition) is 1. The smallest absolute Gasteiger partial charge is 0.165 e. The van der Waals surface area contributed by atoms with Gasteiger partial charge in [0, 0.05) is 13.0 Å². The van der Waals surface area contributed by atoms with E-state index in [2.05, 4.69) is 31.7 Å². The molecule has 3 aromatic rings. The minimum atomic E-state index is 0.404. The maximum atomic E-state index is 5.94. The van der Waals surface area contributed by atoms with Crippen LogP contribution in [0.25, 0.3) is 11.2 Å². The van der Waals surface area contributed by atoms with Gasteiger partial charge in [-0.2, -0.15) is 0 Å². The number of allylic oxidation sites excluding steroid dienone is 2. The van der Waals surface area contributed by atoms with Gasteiger partial charge in [-0.3, -0.25) is 0 Å². The molecule has 0 bridgehead atoms. The summed E-state index contributed by atoms with van der Waals surface area (Å²) in [6.45, 7) is 2.69. The van der Waals surface area contributed by atoms with Crippen molar-refractivity contribution in [3.63, 3.8) is 0 Å². The van der Waals surface area contributed by atoms with Crippen LogP contribution in [-0.4, -0.2) is 26.6 Å². The van der Waals surface area contributed by atoms with Crippen molar-refractivity contribution in [1.82, 2.24) is 19.5 Å². The maximum Gasteiger partial charge on any atom is 0.165 e. The van der Waals surface area contributed by atoms with Crippen LogP contribution in [0.3, 0.4) is 0 Å². The van der Waals surface area contributed by atoms with E-state index in [-0.39, 0.29) is 0 Å². The summed E-state index contributed by atoms with van der Waals surface area (Å²) in [7, 11) is 1.66. The van der Waals surface area contributed by atoms with Crippen LogP contribution in [-0.2, 0) is 13.0 Å². The molecule has 118 valence electrons. The normalized spacial score (nSPS) is 11.4. The zero-order valence-corrected chi connectivity index (χ0v) is 13.2. The van der Waals surface area contributed by atoms with E-state index < -0.39 is 0 Å². The van der Waals surface area contributed by atoms with Crippen molar-refractivity contribution in [2.24, 2.45) is 0 Å². The predicted molar refractivity (Wildman–Crippen MR) is 90.3 cm³/mol. The molecule has 0 unspecified atom stereocenters. The number of nitrogen functional groups attached to an aromatic ring is 1. The van der Waals surface area contributed by atoms with Crippen molar-refractivity contribution >= 4 is 17.0 Å². The van der Waals surface area contributed by atoms with E-state index in [1.165, 1.54) is 6.33 Å². The second kappa shape index (κ2) is 6.48. The molecule has 0 fully saturated rings. The molecule has 2 N–H and O–H groups in total. The molecule has 1 aromatic carbocycles. The van der Waals surface area contributed by atoms with E-state index in [1.807, 2.05) is 31.2 Å². The first kappa shape index (κ1) is 15.0. The first-order valence-electron chi connectivity index (χ1n) is 7.42. The van der Waals surface area contributed by atoms with Crippen molar-refractivity contribution in [2.75, 3.05) is 12.8 Å². The van der Waals surface area contributed by atoms with Gasteiger partial charge in [0.05, 0.1) is 7.11 Å². The van der Waals surface area contributed by atoms with Gasteiger partial charge in [-0.1, -0.05) is 24.3 Å². The molecule has 0 aliphatic rings. The van der Waals surface area contributed by atoms with Crippen LogP contribution in [0, 0.1) is 0 Å². The molecule has 3 rings (SSSR count). The molecular weight excluding hydrogens is 290 g/mol. The van der Waals surface area contributed by atoms with E-state index in [1.54, 1.807) is 7.11 Å². The Bertz CT molecular complexity index is 853. The summed E-state index contributed by atoms with van der Waals surface area (Å²) < 4.78 is 7.35. The van der Waals surface area contributed by atoms with Gasteiger partial charge in [0.15, 0.2) is 17.0 Å². The number of nitrogens with two attached hydrogens (primary N) is 1. The van der Waals surface area contributed by atoms with Gasteiger partial charge in [0.2, 0.25) is 0 Å². The van der Waals surface area contributed by atoms with Crippen molar-refractivity contribution in [3.8, 4) is 5.75 Å². The molecule has 6 heteroatoms. The Kier molecular flexibility index (Phi) is 4.23. The molecule has 0 radical (unpaired) electrons. The van der Waals surface area contributed by atoms with Gasteiger partial charge in [0.1, 0.15) is 17.9 Å². The highest BCUT2D eigenvalue weighted by Crippen LogP contribution is 2.21. The third-order valence-corrected chi connectivity index (χ3v) is 3.66. The van der Waals surface area contributed by atoms with Crippen molar-refractivity contribution in [3.05, 3.63) is 54.1 Å². The number of nitrogens with zero attached hydrogens (tertiary/aromatic N) is 4. The average molecular weight is 309 g/mol. The lowest BCUT2D eigenvalue weighted by atomic mass is 10.1. The molecule has 6 nitrogen and oxygen atoms in total. The van der Waals surface area contributed by atoms with Gasteiger partial charge < -0.3 is 15.0 Å². The van der Waals surface area contributed by atoms with Crippen LogP contribution >= 0.6 is 0 Å². The van der Waals surface area contributed by atoms with Crippen LogP contribution in [0.4, 0.5) is 5.82 Å². The topological polar surface area (TPSA) is 78.9 Å². The molecule has 0 atom stereocenters. The zero-order chi connectivity index (χ0) is 16.2. The number of anilines is 1. The van der Waals surface area contributed by atoms with Crippen molar-refractivity contribution in [1.29, 1.82) is 0 Å². The van der Waals surface area contributed by atoms with E-state index in [9.17, 15) is 0 Å². The summed E-state index contributed by atoms with van der Waals surface area (Å²) in [5, 5.41) is 0. The fourth-order valence-electron chi connectivity index (χ4n) is 2.50. The molecule has 0 spiro atoms. The van der Waals surface area contributed by atoms with Gasteiger partial charge in [-0.05, 0) is 24.6 Å². The Labute approximate surface area is 134 Å². The summed E-state index contributed by atoms with van der Waals surface area (Å²) in [6.07, 6.45) is 6.21. The summed E-state index contributed by atoms with van der Waals surface area (Å²) in [6, 6.07) is 7.96. The minimum absolute atomic E-state index is 0.404. The highest BCUT2D eigenvalue weighted by molar-refractivity contribution is 5.81. The lowest BCUT2D eigenvalue weighted by Crippen LogP contribution is -2.04. The Morgan fingerprint density at radius 2 is 2.17 bits per heavy atom. The number of benzene rings is 1. The molecule has 23 heavy (non-hydrogen) atoms. The zero-order valence-electron chi connectivity index (χ0n) is 13.2. The molecule has 2 aromatic heterocycles. The van der Waals surface area contributed by atoms with E-state index >= 15 is 0 Å². The Balaban J connectivity index is 2.06. The Morgan fingerprint density at radius 3 is 2.96 bits per heavy atom. The molecule has 2 heterocycles. The minimum Gasteiger partial charge on any atom is -0.497 e. The lowest BCUT2D eigenvalue weighted by molar-refractivity contribution is 0.414. The van der Waals surface area contributed by atoms with Crippen LogP contribution in [0.1, 0.15) is 18.3 Å². The number of fused-ring (bicyclic) bond motifs is 1. The number of aromatic nitrogens is 4. The number of hydrogen-bond acceptors (Lipinski definition) is 5. The fourth-order valence-corrected chi connectivity index (χ4v) is 2.50.